The Labute approximate surface area is 184 Å². The molecule has 31 heavy (non-hydrogen) atoms. The maximum atomic E-state index is 4.57. The number of nitrogens with one attached hydrogen (secondary N) is 2. The van der Waals surface area contributed by atoms with Gasteiger partial charge in [0, 0.05) is 43.8 Å². The molecule has 2 N–H and O–H groups in total. The molecule has 1 fully saturated rings. The van der Waals surface area contributed by atoms with E-state index in [2.05, 4.69) is 85.7 Å². The van der Waals surface area contributed by atoms with Crippen LogP contribution in [0.5, 0.6) is 0 Å². The number of nitrogens with zero attached hydrogens (tertiary/aromatic N) is 5. The second-order valence-electron chi connectivity index (χ2n) is 8.43. The number of benzene rings is 2. The number of hydrogen-bond donors (Lipinski definition) is 2. The van der Waals surface area contributed by atoms with E-state index in [0.29, 0.717) is 0 Å². The Morgan fingerprint density at radius 1 is 1.03 bits per heavy atom. The second-order valence-corrected chi connectivity index (χ2v) is 8.43. The van der Waals surface area contributed by atoms with E-state index in [1.165, 1.54) is 23.4 Å². The highest BCUT2D eigenvalue weighted by molar-refractivity contribution is 5.97. The van der Waals surface area contributed by atoms with Crippen molar-refractivity contribution in [1.29, 1.82) is 0 Å². The van der Waals surface area contributed by atoms with Crippen LogP contribution in [-0.4, -0.2) is 61.3 Å². The van der Waals surface area contributed by atoms with Crippen LogP contribution in [0.1, 0.15) is 18.9 Å². The van der Waals surface area contributed by atoms with E-state index in [-0.39, 0.29) is 0 Å². The number of anilines is 4. The SMILES string of the molecule is CCN1CNc2cc3c(NCc4ccccc4N4CCCN(C)CC4)ncnc3cc21. The van der Waals surface area contributed by atoms with Crippen molar-refractivity contribution in [2.75, 3.05) is 66.9 Å². The molecule has 0 bridgehead atoms. The Morgan fingerprint density at radius 2 is 1.94 bits per heavy atom. The molecule has 3 heterocycles. The van der Waals surface area contributed by atoms with Crippen LogP contribution < -0.4 is 20.4 Å². The second kappa shape index (κ2) is 8.59. The van der Waals surface area contributed by atoms with Gasteiger partial charge in [-0.1, -0.05) is 18.2 Å². The zero-order chi connectivity index (χ0) is 21.2. The van der Waals surface area contributed by atoms with Crippen molar-refractivity contribution in [2.45, 2.75) is 19.9 Å². The van der Waals surface area contributed by atoms with Crippen LogP contribution in [0.15, 0.2) is 42.7 Å². The van der Waals surface area contributed by atoms with Gasteiger partial charge in [0.15, 0.2) is 0 Å². The monoisotopic (exact) mass is 417 g/mol. The van der Waals surface area contributed by atoms with Crippen LogP contribution in [-0.2, 0) is 6.54 Å². The molecule has 1 saturated heterocycles. The molecule has 0 aliphatic carbocycles. The van der Waals surface area contributed by atoms with Gasteiger partial charge in [-0.2, -0.15) is 0 Å². The minimum absolute atomic E-state index is 0.736. The molecule has 0 saturated carbocycles. The van der Waals surface area contributed by atoms with Crippen LogP contribution in [0, 0.1) is 0 Å². The van der Waals surface area contributed by atoms with E-state index in [1.807, 2.05) is 0 Å². The predicted octanol–water partition coefficient (Wildman–Crippen LogP) is 3.59. The quantitative estimate of drug-likeness (QED) is 0.658. The predicted molar refractivity (Wildman–Crippen MR) is 129 cm³/mol. The van der Waals surface area contributed by atoms with Gasteiger partial charge in [-0.25, -0.2) is 9.97 Å². The normalized spacial score (nSPS) is 16.8. The highest BCUT2D eigenvalue weighted by atomic mass is 15.3. The first-order valence-corrected chi connectivity index (χ1v) is 11.3. The lowest BCUT2D eigenvalue weighted by Crippen LogP contribution is -2.29. The van der Waals surface area contributed by atoms with E-state index >= 15 is 0 Å². The standard InChI is InChI=1S/C24H31N7/c1-3-30-17-28-21-13-19-20(14-23(21)30)26-16-27-24(19)25-15-18-7-4-5-8-22(18)31-10-6-9-29(2)11-12-31/h4-5,7-8,13-14,16,28H,3,6,9-12,15,17H2,1-2H3,(H,25,26,27). The molecule has 3 aromatic rings. The average molecular weight is 418 g/mol. The van der Waals surface area contributed by atoms with Gasteiger partial charge >= 0.3 is 0 Å². The number of likely N-dealkylation sites (N-methyl/N-ethyl adjacent to an activating group) is 1. The third kappa shape index (κ3) is 3.97. The smallest absolute Gasteiger partial charge is 0.137 e. The van der Waals surface area contributed by atoms with E-state index in [1.54, 1.807) is 6.33 Å². The minimum atomic E-state index is 0.736. The van der Waals surface area contributed by atoms with Crippen LogP contribution >= 0.6 is 0 Å². The Balaban J connectivity index is 1.40. The number of fused-ring (bicyclic) bond motifs is 2. The van der Waals surface area contributed by atoms with Crippen molar-refractivity contribution in [3.63, 3.8) is 0 Å². The molecule has 7 nitrogen and oxygen atoms in total. The lowest BCUT2D eigenvalue weighted by molar-refractivity contribution is 0.360. The molecule has 5 rings (SSSR count). The summed E-state index contributed by atoms with van der Waals surface area (Å²) in [5.41, 5.74) is 5.97. The Morgan fingerprint density at radius 3 is 2.84 bits per heavy atom. The zero-order valence-corrected chi connectivity index (χ0v) is 18.4. The fraction of sp³-hybridized carbons (Fsp3) is 0.417. The van der Waals surface area contributed by atoms with Crippen LogP contribution in [0.4, 0.5) is 22.9 Å². The highest BCUT2D eigenvalue weighted by Gasteiger charge is 2.20. The third-order valence-electron chi connectivity index (χ3n) is 6.43. The lowest BCUT2D eigenvalue weighted by atomic mass is 10.1. The van der Waals surface area contributed by atoms with Gasteiger partial charge in [0.1, 0.15) is 12.1 Å². The Hall–Kier alpha value is -3.06. The first-order valence-electron chi connectivity index (χ1n) is 11.3. The molecule has 0 amide bonds. The minimum Gasteiger partial charge on any atom is -0.370 e. The number of para-hydroxylation sites is 1. The summed E-state index contributed by atoms with van der Waals surface area (Å²) in [6.07, 6.45) is 2.86. The van der Waals surface area contributed by atoms with E-state index in [9.17, 15) is 0 Å². The molecular formula is C24H31N7. The molecule has 1 aromatic heterocycles. The molecule has 7 heteroatoms. The fourth-order valence-corrected chi connectivity index (χ4v) is 4.62. The van der Waals surface area contributed by atoms with Crippen molar-refractivity contribution in [1.82, 2.24) is 14.9 Å². The van der Waals surface area contributed by atoms with Crippen LogP contribution in [0.25, 0.3) is 10.9 Å². The zero-order valence-electron chi connectivity index (χ0n) is 18.4. The summed E-state index contributed by atoms with van der Waals surface area (Å²) in [7, 11) is 2.21. The maximum absolute atomic E-state index is 4.57. The van der Waals surface area contributed by atoms with E-state index in [4.69, 9.17) is 0 Å². The molecule has 0 spiro atoms. The van der Waals surface area contributed by atoms with Crippen molar-refractivity contribution >= 4 is 33.8 Å². The van der Waals surface area contributed by atoms with Gasteiger partial charge in [-0.05, 0) is 50.7 Å². The molecule has 0 unspecified atom stereocenters. The summed E-state index contributed by atoms with van der Waals surface area (Å²) in [4.78, 5) is 16.4. The summed E-state index contributed by atoms with van der Waals surface area (Å²) in [5.74, 6) is 0.884. The molecular weight excluding hydrogens is 386 g/mol. The lowest BCUT2D eigenvalue weighted by Gasteiger charge is -2.26. The fourth-order valence-electron chi connectivity index (χ4n) is 4.62. The van der Waals surface area contributed by atoms with Crippen molar-refractivity contribution in [3.05, 3.63) is 48.3 Å². The van der Waals surface area contributed by atoms with Crippen molar-refractivity contribution in [2.24, 2.45) is 0 Å². The Kier molecular flexibility index (Phi) is 5.51. The topological polar surface area (TPSA) is 59.6 Å². The van der Waals surface area contributed by atoms with Crippen LogP contribution in [0.2, 0.25) is 0 Å². The first-order chi connectivity index (χ1) is 15.2. The maximum Gasteiger partial charge on any atom is 0.137 e. The van der Waals surface area contributed by atoms with Crippen LogP contribution in [0.3, 0.4) is 0 Å². The average Bonchev–Trinajstić information content (AvgIpc) is 3.07. The van der Waals surface area contributed by atoms with Crippen molar-refractivity contribution < 1.29 is 0 Å². The summed E-state index contributed by atoms with van der Waals surface area (Å²) < 4.78 is 0. The van der Waals surface area contributed by atoms with Gasteiger partial charge in [0.2, 0.25) is 0 Å². The van der Waals surface area contributed by atoms with Gasteiger partial charge in [0.25, 0.3) is 0 Å². The highest BCUT2D eigenvalue weighted by Crippen LogP contribution is 2.36. The van der Waals surface area contributed by atoms with Crippen molar-refractivity contribution in [3.8, 4) is 0 Å². The summed E-state index contributed by atoms with van der Waals surface area (Å²) in [6, 6.07) is 13.1. The molecule has 2 aliphatic rings. The van der Waals surface area contributed by atoms with E-state index in [0.717, 1.165) is 68.3 Å². The van der Waals surface area contributed by atoms with Gasteiger partial charge in [0.05, 0.1) is 23.6 Å². The van der Waals surface area contributed by atoms with Gasteiger partial charge in [-0.15, -0.1) is 0 Å². The van der Waals surface area contributed by atoms with Gasteiger partial charge < -0.3 is 25.3 Å². The summed E-state index contributed by atoms with van der Waals surface area (Å²) >= 11 is 0. The number of rotatable bonds is 5. The van der Waals surface area contributed by atoms with Gasteiger partial charge in [-0.3, -0.25) is 0 Å². The summed E-state index contributed by atoms with van der Waals surface area (Å²) in [6.45, 7) is 9.16. The molecule has 0 radical (unpaired) electrons. The number of aromatic nitrogens is 2. The molecule has 0 atom stereocenters. The molecule has 2 aliphatic heterocycles. The van der Waals surface area contributed by atoms with E-state index < -0.39 is 0 Å². The molecule has 162 valence electrons. The third-order valence-corrected chi connectivity index (χ3v) is 6.43. The number of hydrogen-bond acceptors (Lipinski definition) is 7. The first kappa shape index (κ1) is 19.9. The summed E-state index contributed by atoms with van der Waals surface area (Å²) in [5, 5.41) is 8.14. The largest absolute Gasteiger partial charge is 0.370 e. The Bertz CT molecular complexity index is 1070. The molecule has 2 aromatic carbocycles.